The lowest BCUT2D eigenvalue weighted by molar-refractivity contribution is 0.776. The number of nitrogens with zero attached hydrogens (tertiary/aromatic N) is 2. The zero-order valence-electron chi connectivity index (χ0n) is 12.1. The Labute approximate surface area is 115 Å². The van der Waals surface area contributed by atoms with Gasteiger partial charge in [0, 0.05) is 24.1 Å². The maximum atomic E-state index is 4.68. The van der Waals surface area contributed by atoms with Gasteiger partial charge < -0.3 is 5.32 Å². The zero-order chi connectivity index (χ0) is 13.8. The van der Waals surface area contributed by atoms with Gasteiger partial charge in [-0.1, -0.05) is 37.6 Å². The van der Waals surface area contributed by atoms with Crippen molar-refractivity contribution in [3.8, 4) is 11.3 Å². The van der Waals surface area contributed by atoms with Crippen LogP contribution in [0.1, 0.15) is 38.1 Å². The number of nitrogens with one attached hydrogen (secondary N) is 1. The van der Waals surface area contributed by atoms with Crippen molar-refractivity contribution in [1.82, 2.24) is 9.97 Å². The molecule has 0 spiro atoms. The van der Waals surface area contributed by atoms with E-state index in [9.17, 15) is 0 Å². The molecule has 0 atom stereocenters. The summed E-state index contributed by atoms with van der Waals surface area (Å²) in [5.74, 6) is 2.11. The van der Waals surface area contributed by atoms with Crippen molar-refractivity contribution in [1.29, 1.82) is 0 Å². The van der Waals surface area contributed by atoms with Gasteiger partial charge in [-0.3, -0.25) is 0 Å². The maximum absolute atomic E-state index is 4.68. The Morgan fingerprint density at radius 1 is 1.16 bits per heavy atom. The van der Waals surface area contributed by atoms with Gasteiger partial charge in [-0.05, 0) is 19.9 Å². The summed E-state index contributed by atoms with van der Waals surface area (Å²) < 4.78 is 0. The second-order valence-corrected chi connectivity index (χ2v) is 5.05. The van der Waals surface area contributed by atoms with E-state index in [1.54, 1.807) is 0 Å². The Morgan fingerprint density at radius 3 is 2.58 bits per heavy atom. The van der Waals surface area contributed by atoms with Crippen LogP contribution in [0.2, 0.25) is 0 Å². The highest BCUT2D eigenvalue weighted by Gasteiger charge is 2.09. The third-order valence-electron chi connectivity index (χ3n) is 2.93. The largest absolute Gasteiger partial charge is 0.370 e. The van der Waals surface area contributed by atoms with Gasteiger partial charge in [0.1, 0.15) is 11.6 Å². The van der Waals surface area contributed by atoms with Crippen molar-refractivity contribution in [3.05, 3.63) is 41.7 Å². The molecule has 0 saturated heterocycles. The predicted molar refractivity (Wildman–Crippen MR) is 80.5 cm³/mol. The number of hydrogen-bond donors (Lipinski definition) is 1. The summed E-state index contributed by atoms with van der Waals surface area (Å²) in [4.78, 5) is 9.22. The third-order valence-corrected chi connectivity index (χ3v) is 2.93. The first-order valence-electron chi connectivity index (χ1n) is 6.80. The lowest BCUT2D eigenvalue weighted by Gasteiger charge is -2.11. The molecule has 0 saturated carbocycles. The van der Waals surface area contributed by atoms with Gasteiger partial charge in [-0.2, -0.15) is 0 Å². The van der Waals surface area contributed by atoms with E-state index in [4.69, 9.17) is 0 Å². The highest BCUT2D eigenvalue weighted by Crippen LogP contribution is 2.23. The maximum Gasteiger partial charge on any atom is 0.133 e. The Kier molecular flexibility index (Phi) is 4.15. The fourth-order valence-corrected chi connectivity index (χ4v) is 1.95. The van der Waals surface area contributed by atoms with Gasteiger partial charge in [-0.15, -0.1) is 0 Å². The predicted octanol–water partition coefficient (Wildman–Crippen LogP) is 4.01. The molecule has 0 unspecified atom stereocenters. The topological polar surface area (TPSA) is 37.8 Å². The van der Waals surface area contributed by atoms with Gasteiger partial charge in [0.2, 0.25) is 0 Å². The molecule has 0 aliphatic rings. The third kappa shape index (κ3) is 3.31. The summed E-state index contributed by atoms with van der Waals surface area (Å²) in [6.07, 6.45) is 0. The summed E-state index contributed by atoms with van der Waals surface area (Å²) >= 11 is 0. The van der Waals surface area contributed by atoms with Gasteiger partial charge in [-0.25, -0.2) is 9.97 Å². The number of rotatable bonds is 4. The van der Waals surface area contributed by atoms with E-state index in [1.807, 2.05) is 6.07 Å². The molecule has 1 heterocycles. The van der Waals surface area contributed by atoms with Crippen molar-refractivity contribution in [2.45, 2.75) is 33.6 Å². The molecular formula is C16H21N3. The molecule has 0 aliphatic carbocycles. The van der Waals surface area contributed by atoms with Crippen LogP contribution in [0.4, 0.5) is 5.82 Å². The lowest BCUT2D eigenvalue weighted by atomic mass is 10.1. The molecule has 1 aromatic heterocycles. The van der Waals surface area contributed by atoms with E-state index in [-0.39, 0.29) is 0 Å². The summed E-state index contributed by atoms with van der Waals surface area (Å²) in [6, 6.07) is 10.4. The Hall–Kier alpha value is -1.90. The smallest absolute Gasteiger partial charge is 0.133 e. The van der Waals surface area contributed by atoms with Crippen molar-refractivity contribution in [3.63, 3.8) is 0 Å². The molecule has 0 fully saturated rings. The van der Waals surface area contributed by atoms with Crippen molar-refractivity contribution in [2.75, 3.05) is 11.9 Å². The molecule has 0 aliphatic heterocycles. The highest BCUT2D eigenvalue weighted by molar-refractivity contribution is 5.63. The van der Waals surface area contributed by atoms with E-state index in [0.717, 1.165) is 29.4 Å². The molecule has 0 amide bonds. The minimum atomic E-state index is 0.321. The molecule has 0 radical (unpaired) electrons. The quantitative estimate of drug-likeness (QED) is 0.897. The van der Waals surface area contributed by atoms with E-state index in [0.29, 0.717) is 5.92 Å². The summed E-state index contributed by atoms with van der Waals surface area (Å²) in [6.45, 7) is 9.26. The first-order valence-corrected chi connectivity index (χ1v) is 6.80. The standard InChI is InChI=1S/C16H21N3/c1-5-17-15-10-14(18-16(19-15)11(2)3)13-8-6-7-12(4)9-13/h6-11H,5H2,1-4H3,(H,17,18,19). The first kappa shape index (κ1) is 13.5. The first-order chi connectivity index (χ1) is 9.10. The second-order valence-electron chi connectivity index (χ2n) is 5.05. The van der Waals surface area contributed by atoms with E-state index < -0.39 is 0 Å². The molecule has 3 nitrogen and oxygen atoms in total. The lowest BCUT2D eigenvalue weighted by Crippen LogP contribution is -2.05. The molecule has 2 aromatic rings. The number of aryl methyl sites for hydroxylation is 1. The highest BCUT2D eigenvalue weighted by atomic mass is 15.0. The average molecular weight is 255 g/mol. The molecule has 100 valence electrons. The molecule has 2 rings (SSSR count). The monoisotopic (exact) mass is 255 g/mol. The molecule has 19 heavy (non-hydrogen) atoms. The van der Waals surface area contributed by atoms with E-state index >= 15 is 0 Å². The van der Waals surface area contributed by atoms with Crippen LogP contribution in [-0.2, 0) is 0 Å². The van der Waals surface area contributed by atoms with Gasteiger partial charge in [0.15, 0.2) is 0 Å². The van der Waals surface area contributed by atoms with Gasteiger partial charge in [0.25, 0.3) is 0 Å². The fraction of sp³-hybridized carbons (Fsp3) is 0.375. The van der Waals surface area contributed by atoms with Crippen LogP contribution in [-0.4, -0.2) is 16.5 Å². The molecular weight excluding hydrogens is 234 g/mol. The Morgan fingerprint density at radius 2 is 1.95 bits per heavy atom. The Bertz CT molecular complexity index is 562. The number of aromatic nitrogens is 2. The number of benzene rings is 1. The van der Waals surface area contributed by atoms with Crippen LogP contribution in [0.3, 0.4) is 0 Å². The Balaban J connectivity index is 2.49. The summed E-state index contributed by atoms with van der Waals surface area (Å²) in [5, 5.41) is 3.28. The normalized spacial score (nSPS) is 10.8. The van der Waals surface area contributed by atoms with Crippen LogP contribution in [0.25, 0.3) is 11.3 Å². The van der Waals surface area contributed by atoms with Crippen molar-refractivity contribution in [2.24, 2.45) is 0 Å². The minimum Gasteiger partial charge on any atom is -0.370 e. The van der Waals surface area contributed by atoms with Crippen LogP contribution < -0.4 is 5.32 Å². The fourth-order valence-electron chi connectivity index (χ4n) is 1.95. The molecule has 1 aromatic carbocycles. The summed E-state index contributed by atoms with van der Waals surface area (Å²) in [5.41, 5.74) is 3.37. The molecule has 1 N–H and O–H groups in total. The average Bonchev–Trinajstić information content (AvgIpc) is 2.38. The SMILES string of the molecule is CCNc1cc(-c2cccc(C)c2)nc(C(C)C)n1. The summed E-state index contributed by atoms with van der Waals surface area (Å²) in [7, 11) is 0. The van der Waals surface area contributed by atoms with Crippen LogP contribution in [0.15, 0.2) is 30.3 Å². The van der Waals surface area contributed by atoms with Crippen LogP contribution >= 0.6 is 0 Å². The van der Waals surface area contributed by atoms with Gasteiger partial charge >= 0.3 is 0 Å². The van der Waals surface area contributed by atoms with Crippen LogP contribution in [0, 0.1) is 6.92 Å². The molecule has 3 heteroatoms. The van der Waals surface area contributed by atoms with Gasteiger partial charge in [0.05, 0.1) is 5.69 Å². The number of hydrogen-bond acceptors (Lipinski definition) is 3. The zero-order valence-corrected chi connectivity index (χ0v) is 12.1. The van der Waals surface area contributed by atoms with Crippen molar-refractivity contribution < 1.29 is 0 Å². The van der Waals surface area contributed by atoms with Crippen molar-refractivity contribution >= 4 is 5.82 Å². The second kappa shape index (κ2) is 5.83. The van der Waals surface area contributed by atoms with E-state index in [1.165, 1.54) is 5.56 Å². The number of anilines is 1. The minimum absolute atomic E-state index is 0.321. The van der Waals surface area contributed by atoms with Crippen LogP contribution in [0.5, 0.6) is 0 Å². The van der Waals surface area contributed by atoms with E-state index in [2.05, 4.69) is 67.2 Å². The molecule has 0 bridgehead atoms.